The van der Waals surface area contributed by atoms with Crippen LogP contribution in [-0.2, 0) is 9.53 Å². The van der Waals surface area contributed by atoms with Crippen molar-refractivity contribution in [2.75, 3.05) is 18.5 Å². The minimum Gasteiger partial charge on any atom is -0.464 e. The first kappa shape index (κ1) is 14.0. The van der Waals surface area contributed by atoms with Crippen LogP contribution < -0.4 is 5.32 Å². The molecule has 1 N–H and O–H groups in total. The van der Waals surface area contributed by atoms with Crippen LogP contribution >= 0.6 is 0 Å². The van der Waals surface area contributed by atoms with Crippen molar-refractivity contribution >= 4 is 11.7 Å². The number of rotatable bonds is 6. The number of carbonyl (C=O) groups is 1. The molecule has 0 spiro atoms. The molecule has 0 fully saturated rings. The van der Waals surface area contributed by atoms with Crippen molar-refractivity contribution in [3.63, 3.8) is 0 Å². The molecule has 0 aromatic heterocycles. The molecular weight excluding hydrogens is 228 g/mol. The van der Waals surface area contributed by atoms with E-state index < -0.39 is 0 Å². The number of nitriles is 1. The molecule has 0 amide bonds. The van der Waals surface area contributed by atoms with Crippen molar-refractivity contribution in [3.05, 3.63) is 29.3 Å². The summed E-state index contributed by atoms with van der Waals surface area (Å²) in [5.74, 6) is -0.273. The summed E-state index contributed by atoms with van der Waals surface area (Å²) in [6.45, 7) is 4.56. The third kappa shape index (κ3) is 4.46. The largest absolute Gasteiger partial charge is 0.464 e. The molecule has 0 aliphatic heterocycles. The fourth-order valence-corrected chi connectivity index (χ4v) is 1.43. The molecule has 0 saturated heterocycles. The van der Waals surface area contributed by atoms with E-state index in [1.807, 2.05) is 19.9 Å². The van der Waals surface area contributed by atoms with Crippen LogP contribution in [0.2, 0.25) is 0 Å². The van der Waals surface area contributed by atoms with E-state index in [9.17, 15) is 4.79 Å². The highest BCUT2D eigenvalue weighted by molar-refractivity contribution is 5.75. The Morgan fingerprint density at radius 3 is 2.94 bits per heavy atom. The summed E-state index contributed by atoms with van der Waals surface area (Å²) in [6.07, 6.45) is 1.89. The monoisotopic (exact) mass is 246 g/mol. The maximum atomic E-state index is 11.4. The van der Waals surface area contributed by atoms with Gasteiger partial charge in [0.25, 0.3) is 0 Å². The van der Waals surface area contributed by atoms with Crippen molar-refractivity contribution in [2.45, 2.75) is 26.7 Å². The van der Waals surface area contributed by atoms with Gasteiger partial charge in [-0.2, -0.15) is 5.26 Å². The third-order valence-electron chi connectivity index (χ3n) is 2.55. The SMILES string of the molecule is CCCCOC(=O)CNc1cc(C#N)ccc1C. The Hall–Kier alpha value is -2.02. The first-order valence-corrected chi connectivity index (χ1v) is 6.07. The molecule has 0 aliphatic rings. The van der Waals surface area contributed by atoms with Gasteiger partial charge in [-0.1, -0.05) is 19.4 Å². The van der Waals surface area contributed by atoms with Crippen LogP contribution in [0, 0.1) is 18.3 Å². The molecule has 96 valence electrons. The van der Waals surface area contributed by atoms with E-state index >= 15 is 0 Å². The normalized spacial score (nSPS) is 9.61. The highest BCUT2D eigenvalue weighted by Crippen LogP contribution is 2.15. The van der Waals surface area contributed by atoms with Gasteiger partial charge in [-0.05, 0) is 31.0 Å². The third-order valence-corrected chi connectivity index (χ3v) is 2.55. The number of ether oxygens (including phenoxy) is 1. The Morgan fingerprint density at radius 2 is 2.28 bits per heavy atom. The number of nitrogens with one attached hydrogen (secondary N) is 1. The van der Waals surface area contributed by atoms with Crippen molar-refractivity contribution in [2.24, 2.45) is 0 Å². The molecule has 0 heterocycles. The summed E-state index contributed by atoms with van der Waals surface area (Å²) in [7, 11) is 0. The van der Waals surface area contributed by atoms with Crippen molar-refractivity contribution in [1.29, 1.82) is 5.26 Å². The molecule has 0 atom stereocenters. The molecule has 4 nitrogen and oxygen atoms in total. The minimum atomic E-state index is -0.273. The van der Waals surface area contributed by atoms with Crippen LogP contribution in [-0.4, -0.2) is 19.1 Å². The Morgan fingerprint density at radius 1 is 1.50 bits per heavy atom. The fraction of sp³-hybridized carbons (Fsp3) is 0.429. The molecular formula is C14H18N2O2. The number of unbranched alkanes of at least 4 members (excludes halogenated alkanes) is 1. The Labute approximate surface area is 108 Å². The number of anilines is 1. The van der Waals surface area contributed by atoms with E-state index in [0.29, 0.717) is 12.2 Å². The van der Waals surface area contributed by atoms with Gasteiger partial charge in [0.2, 0.25) is 0 Å². The summed E-state index contributed by atoms with van der Waals surface area (Å²) in [4.78, 5) is 11.4. The number of nitrogens with zero attached hydrogens (tertiary/aromatic N) is 1. The average molecular weight is 246 g/mol. The van der Waals surface area contributed by atoms with Gasteiger partial charge in [-0.25, -0.2) is 0 Å². The number of aryl methyl sites for hydroxylation is 1. The van der Waals surface area contributed by atoms with E-state index in [0.717, 1.165) is 24.1 Å². The van der Waals surface area contributed by atoms with Crippen LogP contribution in [0.4, 0.5) is 5.69 Å². The van der Waals surface area contributed by atoms with Gasteiger partial charge in [-0.3, -0.25) is 4.79 Å². The summed E-state index contributed by atoms with van der Waals surface area (Å²) in [5, 5.41) is 11.8. The van der Waals surface area contributed by atoms with Gasteiger partial charge in [0, 0.05) is 5.69 Å². The van der Waals surface area contributed by atoms with Crippen LogP contribution in [0.5, 0.6) is 0 Å². The van der Waals surface area contributed by atoms with E-state index in [2.05, 4.69) is 11.4 Å². The second kappa shape index (κ2) is 7.33. The van der Waals surface area contributed by atoms with Gasteiger partial charge in [0.15, 0.2) is 0 Å². The first-order valence-electron chi connectivity index (χ1n) is 6.07. The minimum absolute atomic E-state index is 0.124. The zero-order valence-corrected chi connectivity index (χ0v) is 10.8. The fourth-order valence-electron chi connectivity index (χ4n) is 1.43. The van der Waals surface area contributed by atoms with Gasteiger partial charge in [0.1, 0.15) is 6.54 Å². The molecule has 1 aromatic rings. The Bertz CT molecular complexity index is 450. The predicted molar refractivity (Wildman–Crippen MR) is 70.3 cm³/mol. The van der Waals surface area contributed by atoms with Gasteiger partial charge in [-0.15, -0.1) is 0 Å². The summed E-state index contributed by atoms with van der Waals surface area (Å²) in [5.41, 5.74) is 2.36. The summed E-state index contributed by atoms with van der Waals surface area (Å²) in [6, 6.07) is 7.40. The molecule has 4 heteroatoms. The second-order valence-corrected chi connectivity index (χ2v) is 4.07. The Balaban J connectivity index is 2.48. The lowest BCUT2D eigenvalue weighted by molar-refractivity contribution is -0.141. The van der Waals surface area contributed by atoms with Crippen molar-refractivity contribution in [1.82, 2.24) is 0 Å². The second-order valence-electron chi connectivity index (χ2n) is 4.07. The van der Waals surface area contributed by atoms with Gasteiger partial charge >= 0.3 is 5.97 Å². The van der Waals surface area contributed by atoms with E-state index in [1.54, 1.807) is 12.1 Å². The van der Waals surface area contributed by atoms with Crippen molar-refractivity contribution in [3.8, 4) is 6.07 Å². The molecule has 1 aromatic carbocycles. The first-order chi connectivity index (χ1) is 8.67. The standard InChI is InChI=1S/C14H18N2O2/c1-3-4-7-18-14(17)10-16-13-8-12(9-15)6-5-11(13)2/h5-6,8,16H,3-4,7,10H2,1-2H3. The van der Waals surface area contributed by atoms with Crippen LogP contribution in [0.25, 0.3) is 0 Å². The van der Waals surface area contributed by atoms with Crippen LogP contribution in [0.15, 0.2) is 18.2 Å². The summed E-state index contributed by atoms with van der Waals surface area (Å²) >= 11 is 0. The van der Waals surface area contributed by atoms with E-state index in [-0.39, 0.29) is 12.5 Å². The van der Waals surface area contributed by atoms with E-state index in [4.69, 9.17) is 10.00 Å². The maximum Gasteiger partial charge on any atom is 0.325 e. The lowest BCUT2D eigenvalue weighted by Crippen LogP contribution is -2.17. The number of hydrogen-bond acceptors (Lipinski definition) is 4. The number of carbonyl (C=O) groups excluding carboxylic acids is 1. The quantitative estimate of drug-likeness (QED) is 0.619. The lowest BCUT2D eigenvalue weighted by atomic mass is 10.1. The van der Waals surface area contributed by atoms with Gasteiger partial charge < -0.3 is 10.1 Å². The smallest absolute Gasteiger partial charge is 0.325 e. The van der Waals surface area contributed by atoms with Gasteiger partial charge in [0.05, 0.1) is 18.2 Å². The lowest BCUT2D eigenvalue weighted by Gasteiger charge is -2.09. The topological polar surface area (TPSA) is 62.1 Å². The Kier molecular flexibility index (Phi) is 5.72. The predicted octanol–water partition coefficient (Wildman–Crippen LogP) is 2.62. The highest BCUT2D eigenvalue weighted by atomic mass is 16.5. The van der Waals surface area contributed by atoms with Crippen LogP contribution in [0.3, 0.4) is 0 Å². The highest BCUT2D eigenvalue weighted by Gasteiger charge is 2.04. The molecule has 18 heavy (non-hydrogen) atoms. The number of hydrogen-bond donors (Lipinski definition) is 1. The van der Waals surface area contributed by atoms with Crippen LogP contribution in [0.1, 0.15) is 30.9 Å². The molecule has 0 aliphatic carbocycles. The zero-order valence-electron chi connectivity index (χ0n) is 10.8. The molecule has 1 rings (SSSR count). The molecule has 0 bridgehead atoms. The van der Waals surface area contributed by atoms with E-state index in [1.165, 1.54) is 0 Å². The maximum absolute atomic E-state index is 11.4. The molecule has 0 saturated carbocycles. The number of benzene rings is 1. The average Bonchev–Trinajstić information content (AvgIpc) is 2.38. The summed E-state index contributed by atoms with van der Waals surface area (Å²) < 4.78 is 5.03. The zero-order chi connectivity index (χ0) is 13.4. The number of esters is 1. The van der Waals surface area contributed by atoms with Crippen molar-refractivity contribution < 1.29 is 9.53 Å². The molecule has 0 unspecified atom stereocenters. The molecule has 0 radical (unpaired) electrons.